The monoisotopic (exact) mass is 387 g/mol. The standard InChI is InChI=1S/C20H25N3O5/c1-13(24)21-14-6-8-17(26-3)16(10-14)22-20(25)12-23(2)15-7-9-18(27-4)19(11-15)28-5/h6-11H,12H2,1-5H3,(H,21,24)(H,22,25). The smallest absolute Gasteiger partial charge is 0.243 e. The fourth-order valence-electron chi connectivity index (χ4n) is 2.65. The predicted molar refractivity (Wildman–Crippen MR) is 109 cm³/mol. The van der Waals surface area contributed by atoms with E-state index in [9.17, 15) is 9.59 Å². The van der Waals surface area contributed by atoms with Gasteiger partial charge in [-0.15, -0.1) is 0 Å². The zero-order valence-electron chi connectivity index (χ0n) is 16.7. The number of benzene rings is 2. The third-order valence-corrected chi connectivity index (χ3v) is 3.98. The highest BCUT2D eigenvalue weighted by atomic mass is 16.5. The molecule has 8 nitrogen and oxygen atoms in total. The Morgan fingerprint density at radius 1 is 0.893 bits per heavy atom. The van der Waals surface area contributed by atoms with Gasteiger partial charge < -0.3 is 29.7 Å². The number of hydrogen-bond acceptors (Lipinski definition) is 6. The summed E-state index contributed by atoms with van der Waals surface area (Å²) in [5, 5.41) is 5.49. The van der Waals surface area contributed by atoms with Gasteiger partial charge in [0.1, 0.15) is 5.75 Å². The van der Waals surface area contributed by atoms with Crippen molar-refractivity contribution >= 4 is 28.9 Å². The van der Waals surface area contributed by atoms with E-state index in [1.54, 1.807) is 56.5 Å². The van der Waals surface area contributed by atoms with Gasteiger partial charge in [0.05, 0.1) is 33.6 Å². The normalized spacial score (nSPS) is 10.0. The van der Waals surface area contributed by atoms with Crippen molar-refractivity contribution in [2.75, 3.05) is 50.5 Å². The molecule has 0 saturated heterocycles. The van der Waals surface area contributed by atoms with Crippen molar-refractivity contribution in [3.05, 3.63) is 36.4 Å². The second kappa shape index (κ2) is 9.50. The largest absolute Gasteiger partial charge is 0.495 e. The Kier molecular flexibility index (Phi) is 7.08. The third-order valence-electron chi connectivity index (χ3n) is 3.98. The Morgan fingerprint density at radius 2 is 1.54 bits per heavy atom. The highest BCUT2D eigenvalue weighted by Crippen LogP contribution is 2.31. The van der Waals surface area contributed by atoms with Crippen LogP contribution >= 0.6 is 0 Å². The van der Waals surface area contributed by atoms with Crippen LogP contribution in [0.2, 0.25) is 0 Å². The second-order valence-electron chi connectivity index (χ2n) is 6.04. The van der Waals surface area contributed by atoms with Crippen molar-refractivity contribution in [3.63, 3.8) is 0 Å². The van der Waals surface area contributed by atoms with Gasteiger partial charge in [0.15, 0.2) is 11.5 Å². The maximum Gasteiger partial charge on any atom is 0.243 e. The SMILES string of the molecule is COc1ccc(NC(C)=O)cc1NC(=O)CN(C)c1ccc(OC)c(OC)c1. The summed E-state index contributed by atoms with van der Waals surface area (Å²) in [6.07, 6.45) is 0. The molecule has 0 atom stereocenters. The van der Waals surface area contributed by atoms with Crippen LogP contribution in [0, 0.1) is 0 Å². The number of carbonyl (C=O) groups excluding carboxylic acids is 2. The molecule has 0 aliphatic rings. The van der Waals surface area contributed by atoms with E-state index in [0.717, 1.165) is 5.69 Å². The van der Waals surface area contributed by atoms with Crippen LogP contribution in [0.1, 0.15) is 6.92 Å². The molecular weight excluding hydrogens is 362 g/mol. The van der Waals surface area contributed by atoms with Crippen LogP contribution in [0.3, 0.4) is 0 Å². The van der Waals surface area contributed by atoms with Gasteiger partial charge in [-0.2, -0.15) is 0 Å². The molecule has 0 aromatic heterocycles. The van der Waals surface area contributed by atoms with E-state index in [4.69, 9.17) is 14.2 Å². The lowest BCUT2D eigenvalue weighted by molar-refractivity contribution is -0.115. The fraction of sp³-hybridized carbons (Fsp3) is 0.300. The van der Waals surface area contributed by atoms with E-state index < -0.39 is 0 Å². The Bertz CT molecular complexity index is 854. The van der Waals surface area contributed by atoms with Crippen molar-refractivity contribution < 1.29 is 23.8 Å². The van der Waals surface area contributed by atoms with Crippen molar-refractivity contribution in [3.8, 4) is 17.2 Å². The van der Waals surface area contributed by atoms with Gasteiger partial charge >= 0.3 is 0 Å². The molecule has 150 valence electrons. The maximum atomic E-state index is 12.5. The molecule has 2 rings (SSSR count). The molecule has 2 aromatic rings. The highest BCUT2D eigenvalue weighted by molar-refractivity contribution is 5.97. The molecule has 0 spiro atoms. The first-order valence-electron chi connectivity index (χ1n) is 8.56. The Hall–Kier alpha value is -3.42. The molecule has 2 aromatic carbocycles. The quantitative estimate of drug-likeness (QED) is 0.724. The number of amides is 2. The average molecular weight is 387 g/mol. The lowest BCUT2D eigenvalue weighted by atomic mass is 10.2. The summed E-state index contributed by atoms with van der Waals surface area (Å²) in [6.45, 7) is 1.52. The average Bonchev–Trinajstić information content (AvgIpc) is 2.67. The van der Waals surface area contributed by atoms with E-state index in [0.29, 0.717) is 28.6 Å². The zero-order valence-corrected chi connectivity index (χ0v) is 16.7. The lowest BCUT2D eigenvalue weighted by Crippen LogP contribution is -2.30. The van der Waals surface area contributed by atoms with Crippen LogP contribution in [-0.4, -0.2) is 46.7 Å². The molecule has 0 aliphatic heterocycles. The summed E-state index contributed by atoms with van der Waals surface area (Å²) in [5.41, 5.74) is 1.84. The number of methoxy groups -OCH3 is 3. The number of hydrogen-bond donors (Lipinski definition) is 2. The predicted octanol–water partition coefficient (Wildman–Crippen LogP) is 2.75. The van der Waals surface area contributed by atoms with Crippen molar-refractivity contribution in [2.24, 2.45) is 0 Å². The molecule has 8 heteroatoms. The Balaban J connectivity index is 2.12. The zero-order chi connectivity index (χ0) is 20.7. The molecule has 0 unspecified atom stereocenters. The number of ether oxygens (including phenoxy) is 3. The highest BCUT2D eigenvalue weighted by Gasteiger charge is 2.13. The summed E-state index contributed by atoms with van der Waals surface area (Å²) in [6, 6.07) is 10.4. The minimum atomic E-state index is -0.240. The van der Waals surface area contributed by atoms with Crippen LogP contribution in [0.25, 0.3) is 0 Å². The maximum absolute atomic E-state index is 12.5. The lowest BCUT2D eigenvalue weighted by Gasteiger charge is -2.21. The Labute approximate surface area is 164 Å². The van der Waals surface area contributed by atoms with Gasteiger partial charge in [0, 0.05) is 31.4 Å². The first-order valence-corrected chi connectivity index (χ1v) is 8.56. The summed E-state index contributed by atoms with van der Waals surface area (Å²) >= 11 is 0. The van der Waals surface area contributed by atoms with Crippen LogP contribution in [-0.2, 0) is 9.59 Å². The second-order valence-corrected chi connectivity index (χ2v) is 6.04. The molecule has 0 saturated carbocycles. The van der Waals surface area contributed by atoms with Crippen LogP contribution in [0.4, 0.5) is 17.1 Å². The number of nitrogens with one attached hydrogen (secondary N) is 2. The van der Waals surface area contributed by atoms with Crippen molar-refractivity contribution in [2.45, 2.75) is 6.92 Å². The van der Waals surface area contributed by atoms with Crippen molar-refractivity contribution in [1.82, 2.24) is 0 Å². The van der Waals surface area contributed by atoms with Gasteiger partial charge in [-0.25, -0.2) is 0 Å². The van der Waals surface area contributed by atoms with Gasteiger partial charge in [0.2, 0.25) is 11.8 Å². The number of carbonyl (C=O) groups is 2. The van der Waals surface area contributed by atoms with Gasteiger partial charge in [-0.05, 0) is 30.3 Å². The topological polar surface area (TPSA) is 89.1 Å². The number of likely N-dealkylation sites (N-methyl/N-ethyl adjacent to an activating group) is 1. The molecule has 0 fully saturated rings. The van der Waals surface area contributed by atoms with Gasteiger partial charge in [-0.3, -0.25) is 9.59 Å². The number of rotatable bonds is 8. The summed E-state index contributed by atoms with van der Waals surface area (Å²) < 4.78 is 15.8. The summed E-state index contributed by atoms with van der Waals surface area (Å²) in [7, 11) is 6.43. The molecule has 0 aliphatic carbocycles. The van der Waals surface area contributed by atoms with Crippen molar-refractivity contribution in [1.29, 1.82) is 0 Å². The van der Waals surface area contributed by atoms with E-state index in [1.807, 2.05) is 6.07 Å². The minimum Gasteiger partial charge on any atom is -0.495 e. The van der Waals surface area contributed by atoms with Crippen LogP contribution in [0.15, 0.2) is 36.4 Å². The number of nitrogens with zero attached hydrogens (tertiary/aromatic N) is 1. The molecule has 28 heavy (non-hydrogen) atoms. The van der Waals surface area contributed by atoms with Crippen LogP contribution in [0.5, 0.6) is 17.2 Å². The molecule has 0 radical (unpaired) electrons. The first-order chi connectivity index (χ1) is 13.4. The fourth-order valence-corrected chi connectivity index (χ4v) is 2.65. The number of anilines is 3. The van der Waals surface area contributed by atoms with E-state index in [2.05, 4.69) is 10.6 Å². The van der Waals surface area contributed by atoms with E-state index in [-0.39, 0.29) is 18.4 Å². The van der Waals surface area contributed by atoms with Gasteiger partial charge in [0.25, 0.3) is 0 Å². The molecule has 0 bridgehead atoms. The minimum absolute atomic E-state index is 0.100. The molecule has 2 amide bonds. The summed E-state index contributed by atoms with van der Waals surface area (Å²) in [4.78, 5) is 25.5. The molecular formula is C20H25N3O5. The molecule has 0 heterocycles. The summed E-state index contributed by atoms with van der Waals surface area (Å²) in [5.74, 6) is 1.25. The van der Waals surface area contributed by atoms with Gasteiger partial charge in [-0.1, -0.05) is 0 Å². The van der Waals surface area contributed by atoms with E-state index >= 15 is 0 Å². The van der Waals surface area contributed by atoms with E-state index in [1.165, 1.54) is 14.0 Å². The Morgan fingerprint density at radius 3 is 2.14 bits per heavy atom. The first kappa shape index (κ1) is 20.9. The van der Waals surface area contributed by atoms with Crippen LogP contribution < -0.4 is 29.7 Å². The third kappa shape index (κ3) is 5.29. The molecule has 2 N–H and O–H groups in total.